The molecule has 0 radical (unpaired) electrons. The number of rotatable bonds is 5. The van der Waals surface area contributed by atoms with E-state index in [2.05, 4.69) is 0 Å². The van der Waals surface area contributed by atoms with Crippen LogP contribution in [0.1, 0.15) is 33.5 Å². The number of hydrogen-bond acceptors (Lipinski definition) is 4. The average Bonchev–Trinajstić information content (AvgIpc) is 3.17. The van der Waals surface area contributed by atoms with Crippen molar-refractivity contribution in [1.29, 1.82) is 0 Å². The lowest BCUT2D eigenvalue weighted by Gasteiger charge is -2.35. The molecule has 0 saturated heterocycles. The van der Waals surface area contributed by atoms with E-state index in [0.717, 1.165) is 5.56 Å². The second-order valence-corrected chi connectivity index (χ2v) is 9.22. The molecule has 4 aromatic carbocycles. The Balaban J connectivity index is 1.62. The van der Waals surface area contributed by atoms with Crippen LogP contribution in [-0.4, -0.2) is 17.7 Å². The lowest BCUT2D eigenvalue weighted by atomic mass is 9.68. The number of nitrogens with zero attached hydrogens (tertiary/aromatic N) is 1. The van der Waals surface area contributed by atoms with Crippen molar-refractivity contribution in [2.24, 2.45) is 0 Å². The van der Waals surface area contributed by atoms with Gasteiger partial charge in [-0.2, -0.15) is 0 Å². The molecular formula is C32H23NO4. The minimum atomic E-state index is -1.50. The van der Waals surface area contributed by atoms with Crippen molar-refractivity contribution >= 4 is 29.1 Å². The molecule has 37 heavy (non-hydrogen) atoms. The fourth-order valence-corrected chi connectivity index (χ4v) is 5.38. The van der Waals surface area contributed by atoms with Crippen LogP contribution in [-0.2, 0) is 26.3 Å². The quantitative estimate of drug-likeness (QED) is 0.268. The SMILES string of the molecule is O=C1CC2(C(=O)N(Cc3ccccc3)c3ccccc32)C(C(=O)c2ccccc2)=C(c2ccccc2)O1. The molecule has 5 nitrogen and oxygen atoms in total. The van der Waals surface area contributed by atoms with Crippen molar-refractivity contribution in [2.75, 3.05) is 4.90 Å². The molecule has 1 amide bonds. The number of carbonyl (C=O) groups is 3. The number of fused-ring (bicyclic) bond motifs is 2. The van der Waals surface area contributed by atoms with Crippen LogP contribution in [0.15, 0.2) is 121 Å². The van der Waals surface area contributed by atoms with Crippen molar-refractivity contribution in [3.8, 4) is 0 Å². The molecule has 4 aromatic rings. The summed E-state index contributed by atoms with van der Waals surface area (Å²) in [5.74, 6) is -1.05. The van der Waals surface area contributed by atoms with Gasteiger partial charge in [-0.15, -0.1) is 0 Å². The number of hydrogen-bond donors (Lipinski definition) is 0. The second-order valence-electron chi connectivity index (χ2n) is 9.22. The van der Waals surface area contributed by atoms with Gasteiger partial charge >= 0.3 is 5.97 Å². The molecule has 0 aromatic heterocycles. The van der Waals surface area contributed by atoms with Gasteiger partial charge in [0, 0.05) is 16.8 Å². The van der Waals surface area contributed by atoms with Crippen LogP contribution >= 0.6 is 0 Å². The van der Waals surface area contributed by atoms with E-state index < -0.39 is 11.4 Å². The molecule has 0 N–H and O–H groups in total. The smallest absolute Gasteiger partial charge is 0.313 e. The summed E-state index contributed by atoms with van der Waals surface area (Å²) in [6.07, 6.45) is -0.252. The van der Waals surface area contributed by atoms with E-state index >= 15 is 0 Å². The molecule has 0 saturated carbocycles. The van der Waals surface area contributed by atoms with Gasteiger partial charge in [-0.1, -0.05) is 109 Å². The predicted octanol–water partition coefficient (Wildman–Crippen LogP) is 5.71. The Hall–Kier alpha value is -4.77. The minimum absolute atomic E-state index is 0.135. The Morgan fingerprint density at radius 1 is 0.757 bits per heavy atom. The average molecular weight is 486 g/mol. The molecule has 180 valence electrons. The third-order valence-corrected chi connectivity index (χ3v) is 7.03. The lowest BCUT2D eigenvalue weighted by molar-refractivity contribution is -0.141. The maximum Gasteiger partial charge on any atom is 0.313 e. The predicted molar refractivity (Wildman–Crippen MR) is 141 cm³/mol. The highest BCUT2D eigenvalue weighted by molar-refractivity contribution is 6.25. The van der Waals surface area contributed by atoms with Gasteiger partial charge in [0.15, 0.2) is 5.78 Å². The van der Waals surface area contributed by atoms with Crippen molar-refractivity contribution < 1.29 is 19.1 Å². The number of Topliss-reactive ketones (excluding diaryl/α,β-unsaturated/α-hetero) is 1. The molecule has 2 heterocycles. The summed E-state index contributed by atoms with van der Waals surface area (Å²) in [7, 11) is 0. The van der Waals surface area contributed by atoms with Crippen LogP contribution in [0, 0.1) is 0 Å². The first-order chi connectivity index (χ1) is 18.1. The first-order valence-electron chi connectivity index (χ1n) is 12.2. The number of ketones is 1. The molecule has 5 heteroatoms. The van der Waals surface area contributed by atoms with Gasteiger partial charge in [0.2, 0.25) is 5.91 Å². The molecule has 1 atom stereocenters. The number of carbonyl (C=O) groups excluding carboxylic acids is 3. The fraction of sp³-hybridized carbons (Fsp3) is 0.0938. The molecule has 1 unspecified atom stereocenters. The molecule has 1 spiro atoms. The first kappa shape index (κ1) is 22.7. The van der Waals surface area contributed by atoms with Gasteiger partial charge in [-0.3, -0.25) is 14.4 Å². The number of amides is 1. The van der Waals surface area contributed by atoms with E-state index in [1.807, 2.05) is 78.9 Å². The van der Waals surface area contributed by atoms with Gasteiger partial charge < -0.3 is 9.64 Å². The van der Waals surface area contributed by atoms with E-state index in [1.165, 1.54) is 0 Å². The van der Waals surface area contributed by atoms with Gasteiger partial charge in [-0.05, 0) is 17.2 Å². The van der Waals surface area contributed by atoms with Crippen molar-refractivity contribution in [1.82, 2.24) is 0 Å². The number of benzene rings is 4. The van der Waals surface area contributed by atoms with Gasteiger partial charge in [0.1, 0.15) is 11.2 Å². The Morgan fingerprint density at radius 2 is 1.35 bits per heavy atom. The molecule has 0 aliphatic carbocycles. The Bertz CT molecular complexity index is 1540. The van der Waals surface area contributed by atoms with Crippen LogP contribution in [0.3, 0.4) is 0 Å². The Morgan fingerprint density at radius 3 is 2.05 bits per heavy atom. The van der Waals surface area contributed by atoms with Crippen LogP contribution in [0.2, 0.25) is 0 Å². The summed E-state index contributed by atoms with van der Waals surface area (Å²) >= 11 is 0. The Kier molecular flexibility index (Phi) is 5.53. The number of ether oxygens (including phenoxy) is 1. The first-order valence-corrected chi connectivity index (χ1v) is 12.2. The molecule has 6 rings (SSSR count). The van der Waals surface area contributed by atoms with Crippen LogP contribution < -0.4 is 4.90 Å². The number of para-hydroxylation sites is 1. The Labute approximate surface area is 214 Å². The van der Waals surface area contributed by atoms with Crippen LogP contribution in [0.25, 0.3) is 5.76 Å². The molecule has 0 bridgehead atoms. The highest BCUT2D eigenvalue weighted by Crippen LogP contribution is 2.53. The van der Waals surface area contributed by atoms with E-state index in [0.29, 0.717) is 28.9 Å². The second kappa shape index (κ2) is 9.03. The number of anilines is 1. The van der Waals surface area contributed by atoms with E-state index in [-0.39, 0.29) is 29.4 Å². The molecule has 0 fully saturated rings. The number of esters is 1. The zero-order valence-corrected chi connectivity index (χ0v) is 20.0. The zero-order valence-electron chi connectivity index (χ0n) is 20.0. The third kappa shape index (κ3) is 3.67. The highest BCUT2D eigenvalue weighted by Gasteiger charge is 2.59. The van der Waals surface area contributed by atoms with Crippen LogP contribution in [0.5, 0.6) is 0 Å². The zero-order chi connectivity index (χ0) is 25.4. The summed E-state index contributed by atoms with van der Waals surface area (Å²) < 4.78 is 5.78. The van der Waals surface area contributed by atoms with Crippen molar-refractivity contribution in [3.63, 3.8) is 0 Å². The molecule has 2 aliphatic rings. The van der Waals surface area contributed by atoms with Crippen LogP contribution in [0.4, 0.5) is 5.69 Å². The van der Waals surface area contributed by atoms with Crippen molar-refractivity contribution in [2.45, 2.75) is 18.4 Å². The summed E-state index contributed by atoms with van der Waals surface area (Å²) in [6, 6.07) is 35.0. The molecule has 2 aliphatic heterocycles. The van der Waals surface area contributed by atoms with Gasteiger partial charge in [-0.25, -0.2) is 0 Å². The monoisotopic (exact) mass is 485 g/mol. The maximum absolute atomic E-state index is 14.5. The summed E-state index contributed by atoms with van der Waals surface area (Å²) in [6.45, 7) is 0.320. The highest BCUT2D eigenvalue weighted by atomic mass is 16.5. The van der Waals surface area contributed by atoms with E-state index in [9.17, 15) is 14.4 Å². The summed E-state index contributed by atoms with van der Waals surface area (Å²) in [4.78, 5) is 43.7. The van der Waals surface area contributed by atoms with Gasteiger partial charge in [0.05, 0.1) is 18.5 Å². The van der Waals surface area contributed by atoms with E-state index in [1.54, 1.807) is 41.3 Å². The van der Waals surface area contributed by atoms with Crippen molar-refractivity contribution in [3.05, 3.63) is 143 Å². The normalized spacial score (nSPS) is 18.6. The standard InChI is InChI=1S/C32H23NO4/c34-27-20-32(25-18-10-11-19-26(25)33(31(32)36)21-22-12-4-1-5-13-22)28(29(35)23-14-6-2-7-15-23)30(37-27)24-16-8-3-9-17-24/h1-19H,20-21H2. The largest absolute Gasteiger partial charge is 0.425 e. The third-order valence-electron chi connectivity index (χ3n) is 7.03. The summed E-state index contributed by atoms with van der Waals surface area (Å²) in [5.41, 5.74) is 1.97. The maximum atomic E-state index is 14.5. The minimum Gasteiger partial charge on any atom is -0.425 e. The van der Waals surface area contributed by atoms with E-state index in [4.69, 9.17) is 4.74 Å². The summed E-state index contributed by atoms with van der Waals surface area (Å²) in [5, 5.41) is 0. The topological polar surface area (TPSA) is 63.7 Å². The molecular weight excluding hydrogens is 462 g/mol. The lowest BCUT2D eigenvalue weighted by Crippen LogP contribution is -2.48. The van der Waals surface area contributed by atoms with Gasteiger partial charge in [0.25, 0.3) is 0 Å². The number of cyclic esters (lactones) is 1. The fourth-order valence-electron chi connectivity index (χ4n) is 5.38.